The molecule has 8 heteroatoms. The van der Waals surface area contributed by atoms with Gasteiger partial charge in [0, 0.05) is 17.6 Å². The molecule has 0 radical (unpaired) electrons. The molecule has 0 bridgehead atoms. The van der Waals surface area contributed by atoms with E-state index in [0.29, 0.717) is 24.0 Å². The van der Waals surface area contributed by atoms with Crippen molar-refractivity contribution < 1.29 is 9.90 Å². The van der Waals surface area contributed by atoms with Crippen molar-refractivity contribution >= 4 is 34.7 Å². The fourth-order valence-corrected chi connectivity index (χ4v) is 5.83. The van der Waals surface area contributed by atoms with Crippen LogP contribution in [0.4, 0.5) is 0 Å². The van der Waals surface area contributed by atoms with Crippen LogP contribution in [0.15, 0.2) is 46.7 Å². The smallest absolute Gasteiger partial charge is 0.330 e. The first kappa shape index (κ1) is 23.3. The summed E-state index contributed by atoms with van der Waals surface area (Å²) in [6.07, 6.45) is 5.52. The molecule has 4 rings (SSSR count). The van der Waals surface area contributed by atoms with E-state index in [1.54, 1.807) is 21.4 Å². The Labute approximate surface area is 197 Å². The molecule has 33 heavy (non-hydrogen) atoms. The third-order valence-electron chi connectivity index (χ3n) is 6.77. The van der Waals surface area contributed by atoms with Gasteiger partial charge in [0.15, 0.2) is 5.65 Å². The highest BCUT2D eigenvalue weighted by atomic mass is 32.2. The largest absolute Gasteiger partial charge is 0.481 e. The highest BCUT2D eigenvalue weighted by Gasteiger charge is 2.41. The molecule has 0 spiro atoms. The summed E-state index contributed by atoms with van der Waals surface area (Å²) in [5.41, 5.74) is 3.86. The Morgan fingerprint density at radius 3 is 2.64 bits per heavy atom. The molecule has 1 aromatic carbocycles. The van der Waals surface area contributed by atoms with E-state index in [1.165, 1.54) is 11.9 Å². The summed E-state index contributed by atoms with van der Waals surface area (Å²) in [7, 11) is 0. The average Bonchev–Trinajstić information content (AvgIpc) is 3.04. The molecule has 3 aromatic rings. The molecule has 0 saturated heterocycles. The van der Waals surface area contributed by atoms with Crippen molar-refractivity contribution in [2.24, 2.45) is 10.6 Å². The molecule has 0 unspecified atom stereocenters. The van der Waals surface area contributed by atoms with Crippen molar-refractivity contribution in [2.75, 3.05) is 0 Å². The van der Waals surface area contributed by atoms with Gasteiger partial charge in [0.2, 0.25) is 0 Å². The molecule has 2 aromatic heterocycles. The molecule has 2 heterocycles. The van der Waals surface area contributed by atoms with Gasteiger partial charge in [0.05, 0.1) is 17.5 Å². The fraction of sp³-hybridized carbons (Fsp3) is 0.400. The number of fused-ring (bicyclic) bond motifs is 1. The predicted octanol–water partition coefficient (Wildman–Crippen LogP) is 4.53. The minimum absolute atomic E-state index is 0.127. The van der Waals surface area contributed by atoms with Gasteiger partial charge >= 0.3 is 11.7 Å². The molecular formula is C25H30N4O3S. The number of rotatable bonds is 7. The van der Waals surface area contributed by atoms with Gasteiger partial charge in [-0.3, -0.25) is 19.1 Å². The van der Waals surface area contributed by atoms with Gasteiger partial charge in [-0.1, -0.05) is 31.9 Å². The molecule has 1 aliphatic rings. The Hall–Kier alpha value is -2.84. The van der Waals surface area contributed by atoms with Gasteiger partial charge in [0.25, 0.3) is 0 Å². The van der Waals surface area contributed by atoms with Crippen molar-refractivity contribution in [3.63, 3.8) is 0 Å². The number of pyridine rings is 1. The van der Waals surface area contributed by atoms with Crippen LogP contribution in [0, 0.1) is 19.3 Å². The first-order chi connectivity index (χ1) is 15.8. The summed E-state index contributed by atoms with van der Waals surface area (Å²) in [5.74, 6) is -0.838. The van der Waals surface area contributed by atoms with Crippen molar-refractivity contribution in [3.8, 4) is 0 Å². The van der Waals surface area contributed by atoms with Gasteiger partial charge in [0.1, 0.15) is 0 Å². The van der Waals surface area contributed by atoms with Crippen LogP contribution in [-0.2, 0) is 17.9 Å². The number of nitrogens with zero attached hydrogens (tertiary/aromatic N) is 3. The second kappa shape index (κ2) is 9.19. The third-order valence-corrected chi connectivity index (χ3v) is 7.35. The highest BCUT2D eigenvalue weighted by Crippen LogP contribution is 2.38. The first-order valence-electron chi connectivity index (χ1n) is 11.2. The number of aliphatic carboxylic acids is 1. The minimum atomic E-state index is -0.938. The van der Waals surface area contributed by atoms with Crippen LogP contribution >= 0.6 is 11.9 Å². The number of carboxylic acids is 1. The molecule has 3 N–H and O–H groups in total. The summed E-state index contributed by atoms with van der Waals surface area (Å²) in [4.78, 5) is 31.2. The molecule has 1 saturated carbocycles. The van der Waals surface area contributed by atoms with Crippen LogP contribution in [0.5, 0.6) is 0 Å². The standard InChI is InChI=1S/C25H30N4O3S/c1-16-12-17(2)21(20(13-16)33-26)18(3)14-28-19-8-7-11-27-22(19)29(24(28)32)15-25(23(30)31)9-5-4-6-10-25/h7-8,11-13H,3-6,9-10,14-15,26H2,1-2H3,(H,30,31). The topological polar surface area (TPSA) is 103 Å². The first-order valence-corrected chi connectivity index (χ1v) is 12.1. The minimum Gasteiger partial charge on any atom is -0.481 e. The number of aryl methyl sites for hydroxylation is 2. The van der Waals surface area contributed by atoms with E-state index in [-0.39, 0.29) is 18.8 Å². The number of hydrogen-bond donors (Lipinski definition) is 2. The van der Waals surface area contributed by atoms with Gasteiger partial charge in [-0.05, 0) is 79.1 Å². The maximum absolute atomic E-state index is 13.6. The number of benzene rings is 1. The van der Waals surface area contributed by atoms with E-state index in [1.807, 2.05) is 26.0 Å². The molecule has 1 aliphatic carbocycles. The number of nitrogens with two attached hydrogens (primary N) is 1. The van der Waals surface area contributed by atoms with E-state index >= 15 is 0 Å². The Kier molecular flexibility index (Phi) is 6.50. The molecule has 174 valence electrons. The Morgan fingerprint density at radius 2 is 1.97 bits per heavy atom. The highest BCUT2D eigenvalue weighted by molar-refractivity contribution is 7.97. The van der Waals surface area contributed by atoms with E-state index in [9.17, 15) is 14.7 Å². The van der Waals surface area contributed by atoms with Crippen LogP contribution in [0.3, 0.4) is 0 Å². The number of carbonyl (C=O) groups is 1. The molecule has 7 nitrogen and oxygen atoms in total. The van der Waals surface area contributed by atoms with Crippen LogP contribution in [0.25, 0.3) is 16.7 Å². The Balaban J connectivity index is 1.78. The SMILES string of the molecule is C=C(Cn1c(=O)n(CC2(C(=O)O)CCCCC2)c2ncccc21)c1c(C)cc(C)cc1SN. The van der Waals surface area contributed by atoms with Crippen molar-refractivity contribution in [2.45, 2.75) is 63.9 Å². The lowest BCUT2D eigenvalue weighted by molar-refractivity contribution is -0.152. The number of carboxylic acid groups (broad SMARTS) is 1. The lowest BCUT2D eigenvalue weighted by Crippen LogP contribution is -2.40. The second-order valence-electron chi connectivity index (χ2n) is 9.12. The summed E-state index contributed by atoms with van der Waals surface area (Å²) < 4.78 is 3.19. The van der Waals surface area contributed by atoms with Gasteiger partial charge in [-0.2, -0.15) is 0 Å². The van der Waals surface area contributed by atoms with Crippen molar-refractivity contribution in [3.05, 3.63) is 64.2 Å². The van der Waals surface area contributed by atoms with E-state index < -0.39 is 11.4 Å². The zero-order valence-corrected chi connectivity index (χ0v) is 20.0. The predicted molar refractivity (Wildman–Crippen MR) is 132 cm³/mol. The lowest BCUT2D eigenvalue weighted by Gasteiger charge is -2.33. The Bertz CT molecular complexity index is 1280. The summed E-state index contributed by atoms with van der Waals surface area (Å²) in [6.45, 7) is 8.71. The van der Waals surface area contributed by atoms with E-state index in [2.05, 4.69) is 17.6 Å². The summed E-state index contributed by atoms with van der Waals surface area (Å²) >= 11 is 1.17. The lowest BCUT2D eigenvalue weighted by atomic mass is 9.74. The van der Waals surface area contributed by atoms with Gasteiger partial charge in [-0.25, -0.2) is 9.78 Å². The molecule has 0 amide bonds. The van der Waals surface area contributed by atoms with Crippen molar-refractivity contribution in [1.82, 2.24) is 14.1 Å². The number of allylic oxidation sites excluding steroid dienone is 1. The second-order valence-corrected chi connectivity index (χ2v) is 9.80. The van der Waals surface area contributed by atoms with Crippen LogP contribution in [0.2, 0.25) is 0 Å². The molecule has 0 aliphatic heterocycles. The van der Waals surface area contributed by atoms with E-state index in [4.69, 9.17) is 5.14 Å². The monoisotopic (exact) mass is 466 g/mol. The zero-order valence-electron chi connectivity index (χ0n) is 19.1. The number of imidazole rings is 1. The zero-order chi connectivity index (χ0) is 23.8. The number of aromatic nitrogens is 3. The number of hydrogen-bond acceptors (Lipinski definition) is 5. The molecular weight excluding hydrogens is 436 g/mol. The fourth-order valence-electron chi connectivity index (χ4n) is 5.16. The van der Waals surface area contributed by atoms with Gasteiger partial charge < -0.3 is 5.11 Å². The normalized spacial score (nSPS) is 15.6. The maximum Gasteiger partial charge on any atom is 0.330 e. The molecule has 1 fully saturated rings. The third kappa shape index (κ3) is 4.25. The summed E-state index contributed by atoms with van der Waals surface area (Å²) in [5, 5.41) is 16.0. The maximum atomic E-state index is 13.6. The quantitative estimate of drug-likeness (QED) is 0.496. The van der Waals surface area contributed by atoms with Crippen molar-refractivity contribution in [1.29, 1.82) is 0 Å². The van der Waals surface area contributed by atoms with Crippen LogP contribution in [-0.4, -0.2) is 25.2 Å². The van der Waals surface area contributed by atoms with Crippen LogP contribution < -0.4 is 10.8 Å². The summed E-state index contributed by atoms with van der Waals surface area (Å²) in [6, 6.07) is 7.73. The van der Waals surface area contributed by atoms with Gasteiger partial charge in [-0.15, -0.1) is 0 Å². The average molecular weight is 467 g/mol. The molecule has 0 atom stereocenters. The Morgan fingerprint density at radius 1 is 1.24 bits per heavy atom. The van der Waals surface area contributed by atoms with E-state index in [0.717, 1.165) is 46.4 Å². The van der Waals surface area contributed by atoms with Crippen LogP contribution in [0.1, 0.15) is 48.8 Å².